The fourth-order valence-corrected chi connectivity index (χ4v) is 1.75. The van der Waals surface area contributed by atoms with Gasteiger partial charge in [0.05, 0.1) is 25.0 Å². The van der Waals surface area contributed by atoms with Crippen LogP contribution >= 0.6 is 0 Å². The van der Waals surface area contributed by atoms with Gasteiger partial charge in [0.15, 0.2) is 0 Å². The predicted octanol–water partition coefficient (Wildman–Crippen LogP) is 0.624. The second kappa shape index (κ2) is 5.64. The van der Waals surface area contributed by atoms with Crippen molar-refractivity contribution in [3.05, 3.63) is 54.3 Å². The third-order valence-corrected chi connectivity index (χ3v) is 2.76. The molecule has 1 aliphatic rings. The van der Waals surface area contributed by atoms with E-state index in [0.29, 0.717) is 18.8 Å². The number of quaternary nitrogens is 1. The van der Waals surface area contributed by atoms with Crippen molar-refractivity contribution in [1.29, 1.82) is 0 Å². The largest absolute Gasteiger partial charge is 0.629 e. The minimum atomic E-state index is -0.518. The molecule has 5 nitrogen and oxygen atoms in total. The molecule has 1 atom stereocenters. The van der Waals surface area contributed by atoms with Crippen molar-refractivity contribution in [3.63, 3.8) is 0 Å². The maximum atomic E-state index is 13.6. The number of rotatable bonds is 3. The number of anilines is 2. The van der Waals surface area contributed by atoms with Gasteiger partial charge in [0.25, 0.3) is 0 Å². The van der Waals surface area contributed by atoms with Gasteiger partial charge in [-0.25, -0.2) is 4.39 Å². The lowest BCUT2D eigenvalue weighted by atomic mass is 10.2. The summed E-state index contributed by atoms with van der Waals surface area (Å²) in [7, 11) is 0. The van der Waals surface area contributed by atoms with Crippen LogP contribution in [0.3, 0.4) is 0 Å². The van der Waals surface area contributed by atoms with Gasteiger partial charge >= 0.3 is 0 Å². The number of nitrogens with zero attached hydrogens (tertiary/aromatic N) is 1. The highest BCUT2D eigenvalue weighted by molar-refractivity contribution is 5.99. The summed E-state index contributed by atoms with van der Waals surface area (Å²) < 4.78 is 13.6. The average Bonchev–Trinajstić information content (AvgIpc) is 2.42. The summed E-state index contributed by atoms with van der Waals surface area (Å²) in [6.07, 6.45) is 4.21. The van der Waals surface area contributed by atoms with Crippen LogP contribution < -0.4 is 15.3 Å². The van der Waals surface area contributed by atoms with E-state index < -0.39 is 11.7 Å². The molecular formula is C13H14FN3O2. The first kappa shape index (κ1) is 13.3. The first-order valence-corrected chi connectivity index (χ1v) is 5.81. The Kier molecular flexibility index (Phi) is 3.94. The van der Waals surface area contributed by atoms with E-state index in [-0.39, 0.29) is 10.8 Å². The van der Waals surface area contributed by atoms with Gasteiger partial charge in [-0.1, -0.05) is 6.58 Å². The van der Waals surface area contributed by atoms with Crippen LogP contribution in [0, 0.1) is 11.0 Å². The maximum Gasteiger partial charge on any atom is 0.247 e. The number of carbonyl (C=O) groups excluding carboxylic acids is 1. The van der Waals surface area contributed by atoms with E-state index in [0.717, 1.165) is 6.08 Å². The Bertz CT molecular complexity index is 531. The molecular weight excluding hydrogens is 249 g/mol. The van der Waals surface area contributed by atoms with Crippen LogP contribution in [-0.4, -0.2) is 19.0 Å². The lowest BCUT2D eigenvalue weighted by Crippen LogP contribution is -3.04. The Hall–Kier alpha value is -2.18. The SMILES string of the molecule is C=CC(=O)Nc1cc(N2C=C[NH+]([O-])CC2)ccc1F. The van der Waals surface area contributed by atoms with Crippen LogP contribution in [0.5, 0.6) is 0 Å². The third-order valence-electron chi connectivity index (χ3n) is 2.76. The van der Waals surface area contributed by atoms with Crippen molar-refractivity contribution in [3.8, 4) is 0 Å². The molecule has 0 bridgehead atoms. The zero-order chi connectivity index (χ0) is 13.8. The van der Waals surface area contributed by atoms with E-state index in [1.54, 1.807) is 12.3 Å². The van der Waals surface area contributed by atoms with Crippen LogP contribution in [0.4, 0.5) is 15.8 Å². The number of nitrogens with one attached hydrogen (secondary N) is 2. The fraction of sp³-hybridized carbons (Fsp3) is 0.154. The van der Waals surface area contributed by atoms with Crippen molar-refractivity contribution in [2.75, 3.05) is 23.3 Å². The van der Waals surface area contributed by atoms with Crippen LogP contribution in [0.1, 0.15) is 0 Å². The molecule has 1 aliphatic heterocycles. The zero-order valence-electron chi connectivity index (χ0n) is 10.2. The quantitative estimate of drug-likeness (QED) is 0.621. The molecule has 1 aromatic carbocycles. The predicted molar refractivity (Wildman–Crippen MR) is 70.9 cm³/mol. The molecule has 1 unspecified atom stereocenters. The molecule has 0 spiro atoms. The van der Waals surface area contributed by atoms with Gasteiger partial charge in [-0.05, 0) is 24.3 Å². The number of hydrogen-bond acceptors (Lipinski definition) is 3. The Morgan fingerprint density at radius 3 is 3.00 bits per heavy atom. The molecule has 0 saturated heterocycles. The fourth-order valence-electron chi connectivity index (χ4n) is 1.75. The number of benzene rings is 1. The van der Waals surface area contributed by atoms with E-state index in [2.05, 4.69) is 11.9 Å². The van der Waals surface area contributed by atoms with Crippen molar-refractivity contribution in [2.24, 2.45) is 0 Å². The van der Waals surface area contributed by atoms with Gasteiger partial charge in [-0.15, -0.1) is 0 Å². The lowest BCUT2D eigenvalue weighted by molar-refractivity contribution is -0.791. The van der Waals surface area contributed by atoms with Gasteiger partial charge in [-0.2, -0.15) is 0 Å². The first-order valence-electron chi connectivity index (χ1n) is 5.81. The molecule has 0 radical (unpaired) electrons. The summed E-state index contributed by atoms with van der Waals surface area (Å²) in [6, 6.07) is 4.40. The highest BCUT2D eigenvalue weighted by Crippen LogP contribution is 2.23. The molecule has 2 N–H and O–H groups in total. The monoisotopic (exact) mass is 263 g/mol. The summed E-state index contributed by atoms with van der Waals surface area (Å²) in [4.78, 5) is 13.0. The van der Waals surface area contributed by atoms with Crippen LogP contribution in [0.25, 0.3) is 0 Å². The highest BCUT2D eigenvalue weighted by atomic mass is 19.1. The van der Waals surface area contributed by atoms with Crippen molar-refractivity contribution in [2.45, 2.75) is 0 Å². The molecule has 1 aromatic rings. The number of carbonyl (C=O) groups is 1. The highest BCUT2D eigenvalue weighted by Gasteiger charge is 2.13. The van der Waals surface area contributed by atoms with Crippen LogP contribution in [-0.2, 0) is 4.79 Å². The zero-order valence-corrected chi connectivity index (χ0v) is 10.2. The summed E-state index contributed by atoms with van der Waals surface area (Å²) in [5.74, 6) is -0.989. The van der Waals surface area contributed by atoms with Crippen LogP contribution in [0.2, 0.25) is 0 Å². The minimum absolute atomic E-state index is 0.0681. The number of hydroxylamine groups is 2. The summed E-state index contributed by atoms with van der Waals surface area (Å²) in [5, 5.41) is 13.6. The Morgan fingerprint density at radius 2 is 2.37 bits per heavy atom. The van der Waals surface area contributed by atoms with E-state index in [9.17, 15) is 14.4 Å². The van der Waals surface area contributed by atoms with E-state index >= 15 is 0 Å². The number of hydrogen-bond donors (Lipinski definition) is 2. The topological polar surface area (TPSA) is 59.8 Å². The molecule has 1 heterocycles. The molecule has 0 saturated carbocycles. The second-order valence-corrected chi connectivity index (χ2v) is 4.08. The summed E-state index contributed by atoms with van der Waals surface area (Å²) in [5.41, 5.74) is 0.803. The van der Waals surface area contributed by atoms with Gasteiger partial charge in [0.2, 0.25) is 5.91 Å². The normalized spacial score (nSPS) is 18.2. The van der Waals surface area contributed by atoms with Crippen molar-refractivity contribution in [1.82, 2.24) is 0 Å². The van der Waals surface area contributed by atoms with Crippen molar-refractivity contribution < 1.29 is 14.2 Å². The van der Waals surface area contributed by atoms with Crippen molar-refractivity contribution >= 4 is 17.3 Å². The molecule has 2 rings (SSSR count). The van der Waals surface area contributed by atoms with Gasteiger partial charge in [0.1, 0.15) is 12.0 Å². The molecule has 100 valence electrons. The Labute approximate surface area is 110 Å². The molecule has 1 amide bonds. The van der Waals surface area contributed by atoms with Crippen LogP contribution in [0.15, 0.2) is 43.3 Å². The maximum absolute atomic E-state index is 13.6. The molecule has 0 aliphatic carbocycles. The standard InChI is InChI=1S/C13H14FN3O2/c1-2-13(18)15-12-9-10(3-4-11(12)14)16-5-7-17(19)8-6-16/h2-5,7,9,17H,1,6,8H2,(H,15,18). The second-order valence-electron chi connectivity index (χ2n) is 4.08. The third kappa shape index (κ3) is 3.18. The minimum Gasteiger partial charge on any atom is -0.629 e. The van der Waals surface area contributed by atoms with E-state index in [1.807, 2.05) is 4.90 Å². The van der Waals surface area contributed by atoms with Gasteiger partial charge < -0.3 is 20.5 Å². The molecule has 19 heavy (non-hydrogen) atoms. The smallest absolute Gasteiger partial charge is 0.247 e. The first-order chi connectivity index (χ1) is 9.10. The molecule has 0 fully saturated rings. The van der Waals surface area contributed by atoms with Gasteiger partial charge in [0, 0.05) is 5.69 Å². The number of halogens is 1. The number of amides is 1. The average molecular weight is 263 g/mol. The summed E-state index contributed by atoms with van der Waals surface area (Å²) in [6.45, 7) is 4.27. The van der Waals surface area contributed by atoms with E-state index in [1.165, 1.54) is 18.3 Å². The van der Waals surface area contributed by atoms with Gasteiger partial charge in [-0.3, -0.25) is 4.79 Å². The summed E-state index contributed by atoms with van der Waals surface area (Å²) >= 11 is 0. The Balaban J connectivity index is 2.23. The Morgan fingerprint density at radius 1 is 1.58 bits per heavy atom. The lowest BCUT2D eigenvalue weighted by Gasteiger charge is -2.29. The van der Waals surface area contributed by atoms with E-state index in [4.69, 9.17) is 0 Å². The molecule has 0 aromatic heterocycles. The molecule has 6 heteroatoms.